The van der Waals surface area contributed by atoms with Gasteiger partial charge in [0.15, 0.2) is 0 Å². The van der Waals surface area contributed by atoms with Crippen LogP contribution in [0.5, 0.6) is 5.75 Å². The maximum absolute atomic E-state index is 6.21. The summed E-state index contributed by atoms with van der Waals surface area (Å²) < 4.78 is 12.8. The molecule has 1 saturated heterocycles. The lowest BCUT2D eigenvalue weighted by Gasteiger charge is -2.27. The second kappa shape index (κ2) is 5.49. The van der Waals surface area contributed by atoms with Gasteiger partial charge in [0.1, 0.15) is 5.75 Å². The molecule has 4 nitrogen and oxygen atoms in total. The summed E-state index contributed by atoms with van der Waals surface area (Å²) in [7, 11) is 0. The highest BCUT2D eigenvalue weighted by Gasteiger charge is 2.53. The summed E-state index contributed by atoms with van der Waals surface area (Å²) in [6, 6.07) is 3.92. The van der Waals surface area contributed by atoms with E-state index in [1.807, 2.05) is 18.3 Å². The van der Waals surface area contributed by atoms with Gasteiger partial charge >= 0.3 is 0 Å². The van der Waals surface area contributed by atoms with E-state index in [-0.39, 0.29) is 11.1 Å². The first kappa shape index (κ1) is 15.5. The molecule has 2 unspecified atom stereocenters. The number of nitrogen functional groups attached to an aromatic ring is 1. The van der Waals surface area contributed by atoms with Gasteiger partial charge in [0.05, 0.1) is 28.3 Å². The number of hydrogen-bond acceptors (Lipinski definition) is 4. The lowest BCUT2D eigenvalue weighted by Crippen LogP contribution is -2.26. The highest BCUT2D eigenvalue weighted by molar-refractivity contribution is 9.10. The lowest BCUT2D eigenvalue weighted by molar-refractivity contribution is -0.00482. The topological polar surface area (TPSA) is 56.8 Å². The predicted octanol–water partition coefficient (Wildman–Crippen LogP) is 4.09. The average Bonchev–Trinajstić information content (AvgIpc) is 2.98. The van der Waals surface area contributed by atoms with E-state index >= 15 is 0 Å². The molecule has 1 aliphatic heterocycles. The smallest absolute Gasteiger partial charge is 0.135 e. The molecular formula is C18H23BrN2O2. The third kappa shape index (κ3) is 2.89. The van der Waals surface area contributed by atoms with Crippen molar-refractivity contribution in [3.63, 3.8) is 0 Å². The van der Waals surface area contributed by atoms with Crippen LogP contribution in [0.4, 0.5) is 5.69 Å². The molecule has 3 aliphatic rings. The zero-order valence-electron chi connectivity index (χ0n) is 13.5. The molecule has 0 spiro atoms. The molecule has 2 saturated carbocycles. The summed E-state index contributed by atoms with van der Waals surface area (Å²) in [5, 5.41) is 0. The molecule has 2 atom stereocenters. The van der Waals surface area contributed by atoms with Gasteiger partial charge in [0.2, 0.25) is 0 Å². The first-order valence-corrected chi connectivity index (χ1v) is 9.21. The fraction of sp³-hybridized carbons (Fsp3) is 0.611. The van der Waals surface area contributed by atoms with Gasteiger partial charge in [0.25, 0.3) is 0 Å². The number of nitrogens with zero attached hydrogens (tertiary/aromatic N) is 1. The van der Waals surface area contributed by atoms with Gasteiger partial charge in [-0.2, -0.15) is 0 Å². The number of fused-ring (bicyclic) bond motifs is 2. The molecule has 1 aromatic rings. The van der Waals surface area contributed by atoms with E-state index in [1.165, 1.54) is 6.42 Å². The van der Waals surface area contributed by atoms with E-state index in [9.17, 15) is 0 Å². The number of halogens is 1. The van der Waals surface area contributed by atoms with Crippen molar-refractivity contribution >= 4 is 27.8 Å². The van der Waals surface area contributed by atoms with E-state index in [0.717, 1.165) is 54.5 Å². The van der Waals surface area contributed by atoms with Crippen LogP contribution in [0, 0.1) is 0 Å². The Morgan fingerprint density at radius 1 is 1.39 bits per heavy atom. The van der Waals surface area contributed by atoms with Gasteiger partial charge in [-0.25, -0.2) is 0 Å². The quantitative estimate of drug-likeness (QED) is 0.633. The lowest BCUT2D eigenvalue weighted by atomic mass is 9.96. The second-order valence-electron chi connectivity index (χ2n) is 7.48. The Morgan fingerprint density at radius 3 is 2.78 bits per heavy atom. The van der Waals surface area contributed by atoms with Gasteiger partial charge in [0, 0.05) is 30.0 Å². The Hall–Kier alpha value is -1.07. The summed E-state index contributed by atoms with van der Waals surface area (Å²) in [4.78, 5) is 4.86. The van der Waals surface area contributed by atoms with Crippen LogP contribution in [0.15, 0.2) is 21.6 Å². The summed E-state index contributed by atoms with van der Waals surface area (Å²) in [5.74, 6) is 0.833. The average molecular weight is 379 g/mol. The highest BCUT2D eigenvalue weighted by atomic mass is 79.9. The molecule has 0 aromatic heterocycles. The monoisotopic (exact) mass is 378 g/mol. The number of benzene rings is 1. The predicted molar refractivity (Wildman–Crippen MR) is 95.4 cm³/mol. The summed E-state index contributed by atoms with van der Waals surface area (Å²) >= 11 is 3.60. The Kier molecular flexibility index (Phi) is 3.69. The van der Waals surface area contributed by atoms with Gasteiger partial charge in [-0.3, -0.25) is 4.99 Å². The molecule has 2 bridgehead atoms. The van der Waals surface area contributed by atoms with Crippen molar-refractivity contribution in [1.82, 2.24) is 0 Å². The van der Waals surface area contributed by atoms with Crippen LogP contribution in [-0.2, 0) is 4.74 Å². The number of anilines is 1. The van der Waals surface area contributed by atoms with Gasteiger partial charge < -0.3 is 15.2 Å². The second-order valence-corrected chi connectivity index (χ2v) is 8.33. The Bertz CT molecular complexity index is 647. The number of hydrogen-bond donors (Lipinski definition) is 1. The van der Waals surface area contributed by atoms with Crippen molar-refractivity contribution < 1.29 is 9.47 Å². The fourth-order valence-electron chi connectivity index (χ4n) is 3.73. The molecule has 2 N–H and O–H groups in total. The minimum absolute atomic E-state index is 0.0317. The van der Waals surface area contributed by atoms with Crippen LogP contribution in [0.3, 0.4) is 0 Å². The minimum atomic E-state index is -0.0469. The third-order valence-electron chi connectivity index (χ3n) is 5.47. The van der Waals surface area contributed by atoms with Gasteiger partial charge in [-0.15, -0.1) is 0 Å². The molecule has 5 heteroatoms. The Morgan fingerprint density at radius 2 is 2.22 bits per heavy atom. The standard InChI is InChI=1S/C18H23BrN2O2/c1-17-5-6-18(10-17,11-22-17)21-9-12-7-14(19)16(8-15(12)20)23-13-3-2-4-13/h7-9,13H,2-6,10-11,20H2,1H3. The van der Waals surface area contributed by atoms with E-state index in [0.29, 0.717) is 11.8 Å². The molecule has 4 rings (SSSR count). The van der Waals surface area contributed by atoms with Crippen LogP contribution in [0.2, 0.25) is 0 Å². The molecule has 2 aliphatic carbocycles. The molecule has 124 valence electrons. The molecule has 23 heavy (non-hydrogen) atoms. The zero-order valence-corrected chi connectivity index (χ0v) is 15.1. The first-order chi connectivity index (χ1) is 11.0. The van der Waals surface area contributed by atoms with E-state index in [4.69, 9.17) is 20.2 Å². The highest BCUT2D eigenvalue weighted by Crippen LogP contribution is 2.49. The Balaban J connectivity index is 1.53. The summed E-state index contributed by atoms with van der Waals surface area (Å²) in [5.41, 5.74) is 7.84. The SMILES string of the molecule is CC12CCC(N=Cc3cc(Br)c(OC4CCC4)cc3N)(CO1)C2. The number of rotatable bonds is 4. The van der Waals surface area contributed by atoms with Crippen LogP contribution in [0.1, 0.15) is 51.0 Å². The summed E-state index contributed by atoms with van der Waals surface area (Å²) in [6.07, 6.45) is 8.99. The maximum Gasteiger partial charge on any atom is 0.135 e. The fourth-order valence-corrected chi connectivity index (χ4v) is 4.19. The zero-order chi connectivity index (χ0) is 16.1. The third-order valence-corrected chi connectivity index (χ3v) is 6.09. The normalized spacial score (nSPS) is 33.3. The van der Waals surface area contributed by atoms with E-state index in [1.54, 1.807) is 0 Å². The van der Waals surface area contributed by atoms with Crippen molar-refractivity contribution in [2.75, 3.05) is 12.3 Å². The number of nitrogens with two attached hydrogens (primary N) is 1. The van der Waals surface area contributed by atoms with Crippen LogP contribution >= 0.6 is 15.9 Å². The molecule has 1 aromatic carbocycles. The van der Waals surface area contributed by atoms with Gasteiger partial charge in [-0.1, -0.05) is 0 Å². The van der Waals surface area contributed by atoms with Crippen molar-refractivity contribution in [3.8, 4) is 5.75 Å². The number of aliphatic imine (C=N–C) groups is 1. The van der Waals surface area contributed by atoms with Crippen LogP contribution in [-0.4, -0.2) is 30.1 Å². The molecule has 3 fully saturated rings. The maximum atomic E-state index is 6.21. The largest absolute Gasteiger partial charge is 0.489 e. The van der Waals surface area contributed by atoms with Crippen molar-refractivity contribution in [3.05, 3.63) is 22.2 Å². The number of ether oxygens (including phenoxy) is 2. The van der Waals surface area contributed by atoms with Crippen LogP contribution < -0.4 is 10.5 Å². The van der Waals surface area contributed by atoms with Crippen molar-refractivity contribution in [2.24, 2.45) is 4.99 Å². The van der Waals surface area contributed by atoms with E-state index < -0.39 is 0 Å². The van der Waals surface area contributed by atoms with E-state index in [2.05, 4.69) is 22.9 Å². The van der Waals surface area contributed by atoms with Gasteiger partial charge in [-0.05, 0) is 61.0 Å². The molecule has 0 amide bonds. The molecule has 1 heterocycles. The van der Waals surface area contributed by atoms with Crippen molar-refractivity contribution in [2.45, 2.75) is 62.7 Å². The van der Waals surface area contributed by atoms with Crippen molar-refractivity contribution in [1.29, 1.82) is 0 Å². The molecule has 0 radical (unpaired) electrons. The van der Waals surface area contributed by atoms with Crippen LogP contribution in [0.25, 0.3) is 0 Å². The molecular weight excluding hydrogens is 356 g/mol. The minimum Gasteiger partial charge on any atom is -0.489 e. The first-order valence-electron chi connectivity index (χ1n) is 8.42. The summed E-state index contributed by atoms with van der Waals surface area (Å²) in [6.45, 7) is 2.92. The Labute approximate surface area is 145 Å².